The fraction of sp³-hybridized carbons (Fsp3) is 0.857. The van der Waals surface area contributed by atoms with Crippen LogP contribution in [-0.4, -0.2) is 26.1 Å². The molecule has 72 valence electrons. The van der Waals surface area contributed by atoms with Crippen molar-refractivity contribution >= 4 is 35.3 Å². The van der Waals surface area contributed by atoms with Gasteiger partial charge in [0.15, 0.2) is 0 Å². The van der Waals surface area contributed by atoms with Crippen LogP contribution >= 0.6 is 23.4 Å². The summed E-state index contributed by atoms with van der Waals surface area (Å²) in [6, 6.07) is 0. The molecule has 0 heterocycles. The molecule has 0 saturated heterocycles. The third-order valence-corrected chi connectivity index (χ3v) is 7.96. The summed E-state index contributed by atoms with van der Waals surface area (Å²) in [4.78, 5) is 0. The van der Waals surface area contributed by atoms with E-state index >= 15 is 0 Å². The molecule has 0 unspecified atom stereocenters. The molecule has 5 heteroatoms. The van der Waals surface area contributed by atoms with E-state index in [4.69, 9.17) is 21.1 Å². The van der Waals surface area contributed by atoms with Crippen molar-refractivity contribution in [2.75, 3.05) is 14.2 Å². The van der Waals surface area contributed by atoms with E-state index in [0.717, 1.165) is 4.20 Å². The highest BCUT2D eigenvalue weighted by atomic mass is 32.4. The summed E-state index contributed by atoms with van der Waals surface area (Å²) in [6.45, 7) is 6.15. The first-order valence-corrected chi connectivity index (χ1v) is 8.05. The Morgan fingerprint density at radius 3 is 2.00 bits per heavy atom. The van der Waals surface area contributed by atoms with E-state index in [0.29, 0.717) is 5.92 Å². The monoisotopic (exact) mass is 224 g/mol. The number of thiocarbonyl (C=S) groups is 1. The average Bonchev–Trinajstić information content (AvgIpc) is 2.04. The van der Waals surface area contributed by atoms with Gasteiger partial charge in [-0.1, -0.05) is 37.3 Å². The topological polar surface area (TPSA) is 18.5 Å². The lowest BCUT2D eigenvalue weighted by atomic mass is 10.3. The van der Waals surface area contributed by atoms with Crippen LogP contribution in [0.15, 0.2) is 0 Å². The molecule has 12 heavy (non-hydrogen) atoms. The molecule has 0 amide bonds. The minimum atomic E-state index is -2.05. The molecule has 0 atom stereocenters. The summed E-state index contributed by atoms with van der Waals surface area (Å²) in [6.07, 6.45) is 0. The second kappa shape index (κ2) is 5.34. The predicted octanol–water partition coefficient (Wildman–Crippen LogP) is 2.56. The zero-order valence-corrected chi connectivity index (χ0v) is 10.8. The van der Waals surface area contributed by atoms with Gasteiger partial charge in [-0.25, -0.2) is 0 Å². The highest BCUT2D eigenvalue weighted by Crippen LogP contribution is 2.26. The lowest BCUT2D eigenvalue weighted by Crippen LogP contribution is -2.34. The first-order chi connectivity index (χ1) is 5.45. The van der Waals surface area contributed by atoms with Crippen LogP contribution in [0.4, 0.5) is 0 Å². The second-order valence-electron chi connectivity index (χ2n) is 2.85. The molecule has 0 radical (unpaired) electrons. The lowest BCUT2D eigenvalue weighted by Gasteiger charge is -2.22. The molecular formula is C7H16O2S2Si. The molecule has 2 nitrogen and oxygen atoms in total. The summed E-state index contributed by atoms with van der Waals surface area (Å²) in [5.41, 5.74) is 0. The van der Waals surface area contributed by atoms with Gasteiger partial charge in [-0.15, -0.1) is 0 Å². The molecule has 0 saturated carbocycles. The van der Waals surface area contributed by atoms with E-state index in [-0.39, 0.29) is 0 Å². The van der Waals surface area contributed by atoms with Gasteiger partial charge in [0.1, 0.15) is 0 Å². The third kappa shape index (κ3) is 4.00. The highest BCUT2D eigenvalue weighted by molar-refractivity contribution is 8.42. The van der Waals surface area contributed by atoms with E-state index in [1.54, 1.807) is 25.4 Å². The molecular weight excluding hydrogens is 208 g/mol. The highest BCUT2D eigenvalue weighted by Gasteiger charge is 2.32. The smallest absolute Gasteiger partial charge is 0.390 e. The molecule has 0 bridgehead atoms. The van der Waals surface area contributed by atoms with Crippen molar-refractivity contribution in [2.45, 2.75) is 20.4 Å². The van der Waals surface area contributed by atoms with Crippen LogP contribution < -0.4 is 0 Å². The molecule has 0 aromatic carbocycles. The van der Waals surface area contributed by atoms with Crippen molar-refractivity contribution < 1.29 is 8.85 Å². The van der Waals surface area contributed by atoms with Gasteiger partial charge in [0, 0.05) is 18.4 Å². The SMILES string of the molecule is CO[Si](C)(OC)SC(=S)C(C)C. The summed E-state index contributed by atoms with van der Waals surface area (Å²) >= 11 is 6.78. The van der Waals surface area contributed by atoms with E-state index in [9.17, 15) is 0 Å². The van der Waals surface area contributed by atoms with Gasteiger partial charge in [-0.05, 0) is 12.5 Å². The Morgan fingerprint density at radius 1 is 1.33 bits per heavy atom. The quantitative estimate of drug-likeness (QED) is 0.539. The molecule has 0 fully saturated rings. The van der Waals surface area contributed by atoms with Crippen LogP contribution in [0, 0.1) is 5.92 Å². The second-order valence-corrected chi connectivity index (χ2v) is 9.57. The number of hydrogen-bond acceptors (Lipinski definition) is 4. The van der Waals surface area contributed by atoms with Gasteiger partial charge in [0.25, 0.3) is 0 Å². The third-order valence-electron chi connectivity index (χ3n) is 1.50. The molecule has 0 aliphatic rings. The van der Waals surface area contributed by atoms with E-state index in [1.165, 1.54) is 0 Å². The van der Waals surface area contributed by atoms with Crippen molar-refractivity contribution in [3.8, 4) is 0 Å². The van der Waals surface area contributed by atoms with Gasteiger partial charge in [-0.2, -0.15) is 0 Å². The molecule has 0 aliphatic carbocycles. The molecule has 0 aromatic rings. The standard InChI is InChI=1S/C7H16O2S2Si/c1-6(2)7(10)11-12(5,8-3)9-4/h6H,1-5H3. The maximum Gasteiger partial charge on any atom is 0.407 e. The molecule has 0 rings (SSSR count). The number of hydrogen-bond donors (Lipinski definition) is 0. The fourth-order valence-corrected chi connectivity index (χ4v) is 5.07. The molecule has 0 spiro atoms. The van der Waals surface area contributed by atoms with Crippen molar-refractivity contribution in [2.24, 2.45) is 5.92 Å². The number of rotatable bonds is 4. The Bertz CT molecular complexity index is 157. The lowest BCUT2D eigenvalue weighted by molar-refractivity contribution is 0.276. The normalized spacial score (nSPS) is 12.2. The Kier molecular flexibility index (Phi) is 5.59. The summed E-state index contributed by atoms with van der Waals surface area (Å²) < 4.78 is 11.6. The molecule has 0 aromatic heterocycles. The van der Waals surface area contributed by atoms with E-state index in [1.807, 2.05) is 6.55 Å². The van der Waals surface area contributed by atoms with Gasteiger partial charge >= 0.3 is 7.71 Å². The van der Waals surface area contributed by atoms with Crippen LogP contribution in [0.5, 0.6) is 0 Å². The summed E-state index contributed by atoms with van der Waals surface area (Å²) in [7, 11) is 1.30. The van der Waals surface area contributed by atoms with Crippen LogP contribution in [0.3, 0.4) is 0 Å². The Morgan fingerprint density at radius 2 is 1.75 bits per heavy atom. The summed E-state index contributed by atoms with van der Waals surface area (Å²) in [5, 5.41) is 0. The van der Waals surface area contributed by atoms with Crippen LogP contribution in [0.25, 0.3) is 0 Å². The van der Waals surface area contributed by atoms with Crippen molar-refractivity contribution in [1.82, 2.24) is 0 Å². The predicted molar refractivity (Wildman–Crippen MR) is 60.7 cm³/mol. The maximum atomic E-state index is 5.30. The van der Waals surface area contributed by atoms with Crippen molar-refractivity contribution in [1.29, 1.82) is 0 Å². The molecule has 0 aliphatic heterocycles. The van der Waals surface area contributed by atoms with Crippen LogP contribution in [0.2, 0.25) is 6.55 Å². The largest absolute Gasteiger partial charge is 0.407 e. The minimum Gasteiger partial charge on any atom is -0.390 e. The Hall–Kier alpha value is 0.577. The summed E-state index contributed by atoms with van der Waals surface area (Å²) in [5.74, 6) is 0.405. The van der Waals surface area contributed by atoms with Crippen LogP contribution in [0.1, 0.15) is 13.8 Å². The molecule has 0 N–H and O–H groups in total. The van der Waals surface area contributed by atoms with Crippen LogP contribution in [-0.2, 0) is 8.85 Å². The minimum absolute atomic E-state index is 0.405. The average molecular weight is 224 g/mol. The van der Waals surface area contributed by atoms with Crippen molar-refractivity contribution in [3.05, 3.63) is 0 Å². The first-order valence-electron chi connectivity index (χ1n) is 3.78. The Labute approximate surface area is 84.9 Å². The van der Waals surface area contributed by atoms with Crippen molar-refractivity contribution in [3.63, 3.8) is 0 Å². The van der Waals surface area contributed by atoms with Gasteiger partial charge in [0.2, 0.25) is 0 Å². The van der Waals surface area contributed by atoms with Gasteiger partial charge in [0.05, 0.1) is 0 Å². The van der Waals surface area contributed by atoms with Gasteiger partial charge < -0.3 is 8.85 Å². The first kappa shape index (κ1) is 12.6. The van der Waals surface area contributed by atoms with E-state index < -0.39 is 7.71 Å². The van der Waals surface area contributed by atoms with E-state index in [2.05, 4.69) is 13.8 Å². The zero-order chi connectivity index (χ0) is 9.78. The zero-order valence-electron chi connectivity index (χ0n) is 8.21. The van der Waals surface area contributed by atoms with Gasteiger partial charge in [-0.3, -0.25) is 0 Å². The Balaban J connectivity index is 4.12. The maximum absolute atomic E-state index is 5.30. The fourth-order valence-electron chi connectivity index (χ4n) is 0.467.